The van der Waals surface area contributed by atoms with Crippen LogP contribution in [0.1, 0.15) is 56.2 Å². The Labute approximate surface area is 267 Å². The molecule has 3 aromatic carbocycles. The van der Waals surface area contributed by atoms with Crippen molar-refractivity contribution in [3.05, 3.63) is 111 Å². The van der Waals surface area contributed by atoms with Crippen molar-refractivity contribution in [2.45, 2.75) is 37.3 Å². The molecule has 0 saturated carbocycles. The standard InChI is InChI=1S/C32H30N4O7S2/c1-4-25(44-24-13-9-12-22(18-24)34-28(37)20-14-16-23(17-15-20)36(41)42)29(38)35-31-26(32(40)43-5-2)19(3)27(45-31)30(39)33-21-10-7-6-8-11-21/h6-18,25H,4-5H2,1-3H3,(H,33,39)(H,34,37)(H,35,38). The Hall–Kier alpha value is -5.01. The maximum absolute atomic E-state index is 13.5. The van der Waals surface area contributed by atoms with Gasteiger partial charge in [0.15, 0.2) is 0 Å². The molecule has 13 heteroatoms. The number of benzene rings is 3. The molecule has 4 aromatic rings. The molecule has 0 aliphatic carbocycles. The van der Waals surface area contributed by atoms with Gasteiger partial charge in [0.2, 0.25) is 5.91 Å². The van der Waals surface area contributed by atoms with Crippen molar-refractivity contribution in [2.75, 3.05) is 22.6 Å². The van der Waals surface area contributed by atoms with Gasteiger partial charge in [0.05, 0.1) is 27.2 Å². The van der Waals surface area contributed by atoms with Gasteiger partial charge in [-0.2, -0.15) is 0 Å². The molecule has 4 rings (SSSR count). The number of hydrogen-bond donors (Lipinski definition) is 3. The predicted octanol–water partition coefficient (Wildman–Crippen LogP) is 7.16. The Balaban J connectivity index is 1.49. The molecule has 0 radical (unpaired) electrons. The Morgan fingerprint density at radius 1 is 0.889 bits per heavy atom. The van der Waals surface area contributed by atoms with Crippen LogP contribution in [0.4, 0.5) is 22.1 Å². The van der Waals surface area contributed by atoms with Gasteiger partial charge in [-0.1, -0.05) is 31.2 Å². The van der Waals surface area contributed by atoms with Gasteiger partial charge >= 0.3 is 5.97 Å². The Morgan fingerprint density at radius 2 is 1.56 bits per heavy atom. The van der Waals surface area contributed by atoms with E-state index >= 15 is 0 Å². The Bertz CT molecular complexity index is 1720. The van der Waals surface area contributed by atoms with Crippen LogP contribution in [0.15, 0.2) is 83.8 Å². The summed E-state index contributed by atoms with van der Waals surface area (Å²) in [6.45, 7) is 5.29. The van der Waals surface area contributed by atoms with E-state index < -0.39 is 28.0 Å². The largest absolute Gasteiger partial charge is 0.462 e. The van der Waals surface area contributed by atoms with E-state index in [0.717, 1.165) is 11.3 Å². The van der Waals surface area contributed by atoms with Crippen LogP contribution in [0.2, 0.25) is 0 Å². The zero-order valence-electron chi connectivity index (χ0n) is 24.6. The Kier molecular flexibility index (Phi) is 11.1. The fourth-order valence-electron chi connectivity index (χ4n) is 4.24. The van der Waals surface area contributed by atoms with Crippen LogP contribution in [0, 0.1) is 17.0 Å². The van der Waals surface area contributed by atoms with Crippen molar-refractivity contribution in [1.82, 2.24) is 0 Å². The molecule has 0 aliphatic heterocycles. The molecular formula is C32H30N4O7S2. The average molecular weight is 647 g/mol. The fourth-order valence-corrected chi connectivity index (χ4v) is 6.35. The number of amides is 3. The summed E-state index contributed by atoms with van der Waals surface area (Å²) >= 11 is 2.27. The van der Waals surface area contributed by atoms with Crippen molar-refractivity contribution in [2.24, 2.45) is 0 Å². The molecule has 3 amide bonds. The van der Waals surface area contributed by atoms with Gasteiger partial charge < -0.3 is 20.7 Å². The first kappa shape index (κ1) is 32.9. The van der Waals surface area contributed by atoms with Crippen LogP contribution in [-0.2, 0) is 9.53 Å². The van der Waals surface area contributed by atoms with E-state index in [9.17, 15) is 29.3 Å². The molecule has 0 spiro atoms. The van der Waals surface area contributed by atoms with E-state index in [2.05, 4.69) is 16.0 Å². The second kappa shape index (κ2) is 15.1. The number of nitrogens with one attached hydrogen (secondary N) is 3. The molecule has 0 saturated heterocycles. The lowest BCUT2D eigenvalue weighted by Gasteiger charge is -2.15. The average Bonchev–Trinajstić information content (AvgIpc) is 3.35. The highest BCUT2D eigenvalue weighted by molar-refractivity contribution is 8.00. The summed E-state index contributed by atoms with van der Waals surface area (Å²) in [5, 5.41) is 19.0. The molecule has 0 fully saturated rings. The Morgan fingerprint density at radius 3 is 2.20 bits per heavy atom. The van der Waals surface area contributed by atoms with Gasteiger partial charge in [0, 0.05) is 34.0 Å². The lowest BCUT2D eigenvalue weighted by atomic mass is 10.1. The summed E-state index contributed by atoms with van der Waals surface area (Å²) in [7, 11) is 0. The molecule has 232 valence electrons. The van der Waals surface area contributed by atoms with Crippen molar-refractivity contribution in [3.8, 4) is 0 Å². The molecule has 0 bridgehead atoms. The molecule has 3 N–H and O–H groups in total. The number of esters is 1. The van der Waals surface area contributed by atoms with Gasteiger partial charge in [-0.3, -0.25) is 24.5 Å². The molecular weight excluding hydrogens is 617 g/mol. The first-order valence-corrected chi connectivity index (χ1v) is 15.6. The van der Waals surface area contributed by atoms with Crippen molar-refractivity contribution in [3.63, 3.8) is 0 Å². The number of nitrogens with zero attached hydrogens (tertiary/aromatic N) is 1. The summed E-state index contributed by atoms with van der Waals surface area (Å²) in [6.07, 6.45) is 0.441. The summed E-state index contributed by atoms with van der Waals surface area (Å²) in [4.78, 5) is 63.5. The molecule has 1 heterocycles. The van der Waals surface area contributed by atoms with Gasteiger partial charge in [0.1, 0.15) is 5.00 Å². The molecule has 11 nitrogen and oxygen atoms in total. The third-order valence-electron chi connectivity index (χ3n) is 6.47. The number of carbonyl (C=O) groups is 4. The molecule has 1 aromatic heterocycles. The predicted molar refractivity (Wildman–Crippen MR) is 175 cm³/mol. The second-order valence-corrected chi connectivity index (χ2v) is 11.9. The minimum atomic E-state index is -0.641. The molecule has 1 atom stereocenters. The highest BCUT2D eigenvalue weighted by Crippen LogP contribution is 2.36. The van der Waals surface area contributed by atoms with Crippen LogP contribution in [-0.4, -0.2) is 40.5 Å². The fraction of sp³-hybridized carbons (Fsp3) is 0.188. The van der Waals surface area contributed by atoms with Gasteiger partial charge in [0.25, 0.3) is 17.5 Å². The number of anilines is 3. The van der Waals surface area contributed by atoms with E-state index in [-0.39, 0.29) is 39.2 Å². The number of ether oxygens (including phenoxy) is 1. The lowest BCUT2D eigenvalue weighted by Crippen LogP contribution is -2.25. The van der Waals surface area contributed by atoms with Gasteiger partial charge in [-0.05, 0) is 68.3 Å². The van der Waals surface area contributed by atoms with E-state index in [0.29, 0.717) is 28.3 Å². The number of thioether (sulfide) groups is 1. The number of nitro benzene ring substituents is 1. The normalized spacial score (nSPS) is 11.3. The zero-order chi connectivity index (χ0) is 32.5. The van der Waals surface area contributed by atoms with E-state index in [4.69, 9.17) is 4.74 Å². The molecule has 1 unspecified atom stereocenters. The number of rotatable bonds is 12. The molecule has 0 aliphatic rings. The van der Waals surface area contributed by atoms with Gasteiger partial charge in [-0.15, -0.1) is 23.1 Å². The van der Waals surface area contributed by atoms with Crippen molar-refractivity contribution in [1.29, 1.82) is 0 Å². The smallest absolute Gasteiger partial charge is 0.341 e. The molecule has 45 heavy (non-hydrogen) atoms. The second-order valence-electron chi connectivity index (χ2n) is 9.59. The van der Waals surface area contributed by atoms with Crippen LogP contribution in [0.3, 0.4) is 0 Å². The highest BCUT2D eigenvalue weighted by atomic mass is 32.2. The van der Waals surface area contributed by atoms with Crippen LogP contribution >= 0.6 is 23.1 Å². The van der Waals surface area contributed by atoms with E-state index in [1.807, 2.05) is 13.0 Å². The lowest BCUT2D eigenvalue weighted by molar-refractivity contribution is -0.384. The van der Waals surface area contributed by atoms with Crippen molar-refractivity contribution >= 4 is 68.9 Å². The number of hydrogen-bond acceptors (Lipinski definition) is 9. The highest BCUT2D eigenvalue weighted by Gasteiger charge is 2.28. The first-order chi connectivity index (χ1) is 21.6. The number of non-ortho nitro benzene ring substituents is 1. The van der Waals surface area contributed by atoms with Crippen LogP contribution in [0.25, 0.3) is 0 Å². The monoisotopic (exact) mass is 646 g/mol. The summed E-state index contributed by atoms with van der Waals surface area (Å²) in [5.41, 5.74) is 1.74. The van der Waals surface area contributed by atoms with Gasteiger partial charge in [-0.25, -0.2) is 4.79 Å². The van der Waals surface area contributed by atoms with E-state index in [1.54, 1.807) is 62.4 Å². The zero-order valence-corrected chi connectivity index (χ0v) is 26.3. The third kappa shape index (κ3) is 8.34. The topological polar surface area (TPSA) is 157 Å². The number of nitro groups is 1. The minimum Gasteiger partial charge on any atom is -0.462 e. The van der Waals surface area contributed by atoms with Crippen LogP contribution in [0.5, 0.6) is 0 Å². The minimum absolute atomic E-state index is 0.118. The maximum atomic E-state index is 13.5. The number of para-hydroxylation sites is 1. The summed E-state index contributed by atoms with van der Waals surface area (Å²) in [5.74, 6) is -1.87. The number of carbonyl (C=O) groups excluding carboxylic acids is 4. The van der Waals surface area contributed by atoms with Crippen molar-refractivity contribution < 1.29 is 28.8 Å². The van der Waals surface area contributed by atoms with E-state index in [1.165, 1.54) is 36.0 Å². The quantitative estimate of drug-likeness (QED) is 0.0634. The SMILES string of the molecule is CCOC(=O)c1c(NC(=O)C(CC)Sc2cccc(NC(=O)c3ccc([N+](=O)[O-])cc3)c2)sc(C(=O)Nc2ccccc2)c1C. The first-order valence-electron chi connectivity index (χ1n) is 13.9. The maximum Gasteiger partial charge on any atom is 0.341 e. The number of thiophene rings is 1. The summed E-state index contributed by atoms with van der Waals surface area (Å²) in [6, 6.07) is 21.1. The third-order valence-corrected chi connectivity index (χ3v) is 9.04. The summed E-state index contributed by atoms with van der Waals surface area (Å²) < 4.78 is 5.23. The van der Waals surface area contributed by atoms with Crippen LogP contribution < -0.4 is 16.0 Å².